The van der Waals surface area contributed by atoms with Gasteiger partial charge in [0.2, 0.25) is 0 Å². The maximum Gasteiger partial charge on any atom is 0.258 e. The molecule has 0 aromatic heterocycles. The van der Waals surface area contributed by atoms with Crippen LogP contribution in [0.1, 0.15) is 45.3 Å². The van der Waals surface area contributed by atoms with Crippen molar-refractivity contribution in [1.29, 1.82) is 0 Å². The molecule has 1 aromatic rings. The van der Waals surface area contributed by atoms with Gasteiger partial charge in [0, 0.05) is 17.7 Å². The van der Waals surface area contributed by atoms with Crippen LogP contribution in [0.3, 0.4) is 0 Å². The fourth-order valence-corrected chi connectivity index (χ4v) is 2.08. The molecule has 0 heterocycles. The Morgan fingerprint density at radius 3 is 2.67 bits per heavy atom. The SMILES string of the molecule is CCCC(C)NC(=O)COc1cc(OC)ccc1[C@H](C)O. The Balaban J connectivity index is 2.67. The topological polar surface area (TPSA) is 67.8 Å². The number of rotatable bonds is 8. The van der Waals surface area contributed by atoms with Gasteiger partial charge in [0.05, 0.1) is 13.2 Å². The molecule has 0 fully saturated rings. The molecule has 5 nitrogen and oxygen atoms in total. The Labute approximate surface area is 126 Å². The summed E-state index contributed by atoms with van der Waals surface area (Å²) >= 11 is 0. The van der Waals surface area contributed by atoms with E-state index in [9.17, 15) is 9.90 Å². The largest absolute Gasteiger partial charge is 0.497 e. The molecule has 0 spiro atoms. The van der Waals surface area contributed by atoms with Crippen molar-refractivity contribution in [2.24, 2.45) is 0 Å². The first-order chi connectivity index (χ1) is 9.97. The smallest absolute Gasteiger partial charge is 0.258 e. The number of aliphatic hydroxyl groups is 1. The zero-order valence-corrected chi connectivity index (χ0v) is 13.2. The number of methoxy groups -OCH3 is 1. The lowest BCUT2D eigenvalue weighted by atomic mass is 10.1. The van der Waals surface area contributed by atoms with Crippen LogP contribution in [-0.2, 0) is 4.79 Å². The molecule has 1 unspecified atom stereocenters. The summed E-state index contributed by atoms with van der Waals surface area (Å²) in [6.07, 6.45) is 1.28. The van der Waals surface area contributed by atoms with Crippen molar-refractivity contribution in [3.8, 4) is 11.5 Å². The minimum absolute atomic E-state index is 0.0824. The molecule has 0 aliphatic rings. The van der Waals surface area contributed by atoms with Gasteiger partial charge in [-0.1, -0.05) is 13.3 Å². The molecule has 0 saturated heterocycles. The van der Waals surface area contributed by atoms with Crippen molar-refractivity contribution >= 4 is 5.91 Å². The summed E-state index contributed by atoms with van der Waals surface area (Å²) in [5.41, 5.74) is 0.630. The van der Waals surface area contributed by atoms with Crippen LogP contribution in [0.25, 0.3) is 0 Å². The number of benzene rings is 1. The Hall–Kier alpha value is -1.75. The molecule has 0 bridgehead atoms. The molecule has 0 aliphatic carbocycles. The molecule has 21 heavy (non-hydrogen) atoms. The van der Waals surface area contributed by atoms with E-state index in [0.29, 0.717) is 17.1 Å². The fraction of sp³-hybridized carbons (Fsp3) is 0.562. The maximum atomic E-state index is 11.8. The van der Waals surface area contributed by atoms with Crippen LogP contribution in [0.4, 0.5) is 0 Å². The van der Waals surface area contributed by atoms with Crippen LogP contribution in [0.2, 0.25) is 0 Å². The quantitative estimate of drug-likeness (QED) is 0.773. The van der Waals surface area contributed by atoms with Gasteiger partial charge in [-0.2, -0.15) is 0 Å². The van der Waals surface area contributed by atoms with Crippen molar-refractivity contribution in [2.45, 2.75) is 45.8 Å². The lowest BCUT2D eigenvalue weighted by molar-refractivity contribution is -0.123. The van der Waals surface area contributed by atoms with Gasteiger partial charge in [-0.3, -0.25) is 4.79 Å². The average molecular weight is 295 g/mol. The Morgan fingerprint density at radius 1 is 1.38 bits per heavy atom. The molecule has 2 N–H and O–H groups in total. The Kier molecular flexibility index (Phi) is 7.02. The second-order valence-corrected chi connectivity index (χ2v) is 5.13. The molecular weight excluding hydrogens is 270 g/mol. The highest BCUT2D eigenvalue weighted by atomic mass is 16.5. The van der Waals surface area contributed by atoms with Crippen molar-refractivity contribution in [3.05, 3.63) is 23.8 Å². The number of ether oxygens (including phenoxy) is 2. The molecule has 2 atom stereocenters. The summed E-state index contributed by atoms with van der Waals surface area (Å²) in [5.74, 6) is 0.909. The van der Waals surface area contributed by atoms with Gasteiger partial charge in [0.15, 0.2) is 6.61 Å². The van der Waals surface area contributed by atoms with E-state index < -0.39 is 6.10 Å². The van der Waals surface area contributed by atoms with Crippen LogP contribution < -0.4 is 14.8 Å². The van der Waals surface area contributed by atoms with Crippen LogP contribution in [0.5, 0.6) is 11.5 Å². The predicted octanol–water partition coefficient (Wildman–Crippen LogP) is 2.43. The van der Waals surface area contributed by atoms with E-state index in [1.54, 1.807) is 32.2 Å². The molecule has 1 amide bonds. The Bertz CT molecular complexity index is 460. The molecule has 0 aliphatic heterocycles. The van der Waals surface area contributed by atoms with E-state index in [-0.39, 0.29) is 18.6 Å². The number of nitrogens with one attached hydrogen (secondary N) is 1. The zero-order valence-electron chi connectivity index (χ0n) is 13.2. The normalized spacial score (nSPS) is 13.4. The monoisotopic (exact) mass is 295 g/mol. The minimum atomic E-state index is -0.673. The van der Waals surface area contributed by atoms with E-state index in [0.717, 1.165) is 12.8 Å². The van der Waals surface area contributed by atoms with Gasteiger partial charge in [-0.05, 0) is 32.4 Å². The summed E-state index contributed by atoms with van der Waals surface area (Å²) in [4.78, 5) is 11.8. The molecule has 1 aromatic carbocycles. The van der Waals surface area contributed by atoms with Crippen molar-refractivity contribution in [3.63, 3.8) is 0 Å². The third-order valence-electron chi connectivity index (χ3n) is 3.16. The third kappa shape index (κ3) is 5.63. The van der Waals surface area contributed by atoms with Gasteiger partial charge in [0.1, 0.15) is 11.5 Å². The van der Waals surface area contributed by atoms with Gasteiger partial charge in [0.25, 0.3) is 5.91 Å². The van der Waals surface area contributed by atoms with E-state index in [2.05, 4.69) is 12.2 Å². The first kappa shape index (κ1) is 17.3. The van der Waals surface area contributed by atoms with E-state index >= 15 is 0 Å². The number of hydrogen-bond acceptors (Lipinski definition) is 4. The molecule has 0 radical (unpaired) electrons. The predicted molar refractivity (Wildman–Crippen MR) is 81.6 cm³/mol. The molecular formula is C16H25NO4. The lowest BCUT2D eigenvalue weighted by Crippen LogP contribution is -2.36. The molecule has 1 rings (SSSR count). The van der Waals surface area contributed by atoms with Gasteiger partial charge in [-0.25, -0.2) is 0 Å². The second-order valence-electron chi connectivity index (χ2n) is 5.13. The summed E-state index contributed by atoms with van der Waals surface area (Å²) < 4.78 is 10.7. The van der Waals surface area contributed by atoms with Gasteiger partial charge < -0.3 is 19.9 Å². The van der Waals surface area contributed by atoms with E-state index in [1.807, 2.05) is 6.92 Å². The summed E-state index contributed by atoms with van der Waals surface area (Å²) in [5, 5.41) is 12.6. The van der Waals surface area contributed by atoms with Crippen molar-refractivity contribution < 1.29 is 19.4 Å². The van der Waals surface area contributed by atoms with Crippen LogP contribution in [0, 0.1) is 0 Å². The van der Waals surface area contributed by atoms with E-state index in [1.165, 1.54) is 0 Å². The molecule has 118 valence electrons. The van der Waals surface area contributed by atoms with Gasteiger partial charge in [-0.15, -0.1) is 0 Å². The second kappa shape index (κ2) is 8.52. The number of aliphatic hydroxyl groups excluding tert-OH is 1. The van der Waals surface area contributed by atoms with Crippen LogP contribution >= 0.6 is 0 Å². The van der Waals surface area contributed by atoms with E-state index in [4.69, 9.17) is 9.47 Å². The number of carbonyl (C=O) groups is 1. The van der Waals surface area contributed by atoms with Crippen molar-refractivity contribution in [1.82, 2.24) is 5.32 Å². The molecule has 5 heteroatoms. The van der Waals surface area contributed by atoms with Crippen molar-refractivity contribution in [2.75, 3.05) is 13.7 Å². The summed E-state index contributed by atoms with van der Waals surface area (Å²) in [6.45, 7) is 5.61. The number of carbonyl (C=O) groups excluding carboxylic acids is 1. The standard InChI is InChI=1S/C16H25NO4/c1-5-6-11(2)17-16(19)10-21-15-9-13(20-4)7-8-14(15)12(3)18/h7-9,11-12,18H,5-6,10H2,1-4H3,(H,17,19)/t11?,12-/m0/s1. The fourth-order valence-electron chi connectivity index (χ4n) is 2.08. The summed E-state index contributed by atoms with van der Waals surface area (Å²) in [6, 6.07) is 5.28. The number of amides is 1. The Morgan fingerprint density at radius 2 is 2.10 bits per heavy atom. The highest BCUT2D eigenvalue weighted by Crippen LogP contribution is 2.29. The number of hydrogen-bond donors (Lipinski definition) is 2. The first-order valence-corrected chi connectivity index (χ1v) is 7.26. The highest BCUT2D eigenvalue weighted by Gasteiger charge is 2.13. The minimum Gasteiger partial charge on any atom is -0.497 e. The third-order valence-corrected chi connectivity index (χ3v) is 3.16. The first-order valence-electron chi connectivity index (χ1n) is 7.26. The zero-order chi connectivity index (χ0) is 15.8. The van der Waals surface area contributed by atoms with Crippen LogP contribution in [0.15, 0.2) is 18.2 Å². The highest BCUT2D eigenvalue weighted by molar-refractivity contribution is 5.77. The lowest BCUT2D eigenvalue weighted by Gasteiger charge is -2.16. The molecule has 0 saturated carbocycles. The van der Waals surface area contributed by atoms with Crippen LogP contribution in [-0.4, -0.2) is 30.8 Å². The maximum absolute atomic E-state index is 11.8. The average Bonchev–Trinajstić information content (AvgIpc) is 2.44. The summed E-state index contributed by atoms with van der Waals surface area (Å²) in [7, 11) is 1.56. The van der Waals surface area contributed by atoms with Gasteiger partial charge >= 0.3 is 0 Å².